The SMILES string of the molecule is C.COP(C)(=O)CN1CCN(CP(C)(=O)O)CCN(Cc2ccc(C(=C3C=CC(=[N+](C)C)C=C3)c3ccc(N(C)C)cc3)cc2)CCN(CP(C)(=O)O)CC1. The largest absolute Gasteiger partial charge is 0.378 e. The third kappa shape index (κ3) is 15.8. The first kappa shape index (κ1) is 46.9. The summed E-state index contributed by atoms with van der Waals surface area (Å²) in [5.41, 5.74) is 7.92. The van der Waals surface area contributed by atoms with Crippen molar-refractivity contribution in [3.8, 4) is 0 Å². The van der Waals surface area contributed by atoms with E-state index in [1.807, 2.05) is 42.9 Å². The van der Waals surface area contributed by atoms with E-state index in [-0.39, 0.29) is 26.3 Å². The molecular weight excluding hydrogens is 753 g/mol. The van der Waals surface area contributed by atoms with Crippen molar-refractivity contribution in [2.45, 2.75) is 14.0 Å². The molecule has 306 valence electrons. The Morgan fingerprint density at radius 1 is 0.673 bits per heavy atom. The first-order chi connectivity index (χ1) is 25.3. The van der Waals surface area contributed by atoms with Gasteiger partial charge in [-0.1, -0.05) is 43.8 Å². The lowest BCUT2D eigenvalue weighted by atomic mass is 9.90. The van der Waals surface area contributed by atoms with Gasteiger partial charge in [0.25, 0.3) is 0 Å². The molecule has 2 aromatic carbocycles. The maximum absolute atomic E-state index is 13.0. The van der Waals surface area contributed by atoms with Crippen LogP contribution in [0.25, 0.3) is 5.57 Å². The van der Waals surface area contributed by atoms with Crippen LogP contribution in [0.4, 0.5) is 5.69 Å². The highest BCUT2D eigenvalue weighted by Crippen LogP contribution is 2.42. The van der Waals surface area contributed by atoms with Gasteiger partial charge in [0.2, 0.25) is 22.1 Å². The van der Waals surface area contributed by atoms with Gasteiger partial charge in [-0.2, -0.15) is 0 Å². The molecule has 1 fully saturated rings. The maximum Gasteiger partial charge on any atom is 0.213 e. The van der Waals surface area contributed by atoms with Crippen LogP contribution in [0.15, 0.2) is 78.4 Å². The molecular formula is C40H66N6O6P3+. The van der Waals surface area contributed by atoms with E-state index in [0.717, 1.165) is 39.2 Å². The van der Waals surface area contributed by atoms with Crippen LogP contribution in [-0.4, -0.2) is 166 Å². The Hall–Kier alpha value is -2.46. The molecule has 4 rings (SSSR count). The Morgan fingerprint density at radius 2 is 1.07 bits per heavy atom. The fraction of sp³-hybridized carbons (Fsp3) is 0.525. The minimum atomic E-state index is -3.34. The summed E-state index contributed by atoms with van der Waals surface area (Å²) in [5.74, 6) is 0. The molecule has 0 spiro atoms. The number of rotatable bonds is 12. The van der Waals surface area contributed by atoms with Gasteiger partial charge in [0.1, 0.15) is 14.1 Å². The van der Waals surface area contributed by atoms with Crippen LogP contribution < -0.4 is 4.90 Å². The summed E-state index contributed by atoms with van der Waals surface area (Å²) >= 11 is 0. The number of nitrogens with zero attached hydrogens (tertiary/aromatic N) is 6. The van der Waals surface area contributed by atoms with Gasteiger partial charge in [-0.3, -0.25) is 33.3 Å². The molecule has 0 bridgehead atoms. The van der Waals surface area contributed by atoms with Crippen LogP contribution in [-0.2, 0) is 24.8 Å². The quantitative estimate of drug-likeness (QED) is 0.195. The second kappa shape index (κ2) is 20.8. The van der Waals surface area contributed by atoms with E-state index in [4.69, 9.17) is 4.52 Å². The van der Waals surface area contributed by atoms with E-state index in [0.29, 0.717) is 58.9 Å². The highest BCUT2D eigenvalue weighted by Gasteiger charge is 2.26. The van der Waals surface area contributed by atoms with Crippen LogP contribution in [0.5, 0.6) is 0 Å². The van der Waals surface area contributed by atoms with Gasteiger partial charge in [0.05, 0.1) is 18.9 Å². The molecule has 2 aromatic rings. The van der Waals surface area contributed by atoms with Crippen molar-refractivity contribution in [3.63, 3.8) is 0 Å². The second-order valence-corrected chi connectivity index (χ2v) is 22.8. The Balaban J connectivity index is 0.00000812. The van der Waals surface area contributed by atoms with Crippen molar-refractivity contribution < 1.29 is 32.6 Å². The molecule has 2 aliphatic rings. The predicted octanol–water partition coefficient (Wildman–Crippen LogP) is 5.98. The van der Waals surface area contributed by atoms with Crippen LogP contribution in [0.2, 0.25) is 0 Å². The summed E-state index contributed by atoms with van der Waals surface area (Å²) in [6.07, 6.45) is 9.00. The number of benzene rings is 2. The number of anilines is 1. The topological polar surface area (TPSA) is 120 Å². The van der Waals surface area contributed by atoms with Crippen LogP contribution in [0.3, 0.4) is 0 Å². The normalized spacial score (nSPS) is 20.3. The standard InChI is InChI=1S/C39H61N6O6P3.CH4/c1-40(2)37-17-13-35(14-18-37)39(36-15-19-38(20-16-36)41(3)4)34-11-9-33(10-12-34)29-42-21-23-43(30-52(6,46)47)25-27-45(32-54(8,50)51-5)28-26-44(24-22-42)31-53(7,48)49;/h9-20H,21-32H2,1-8H3,(H-,46,47,48,49);1H4/p+1. The van der Waals surface area contributed by atoms with Crippen molar-refractivity contribution in [2.24, 2.45) is 0 Å². The molecule has 0 aromatic heterocycles. The van der Waals surface area contributed by atoms with Crippen molar-refractivity contribution in [3.05, 3.63) is 95.1 Å². The first-order valence-electron chi connectivity index (χ1n) is 18.4. The smallest absolute Gasteiger partial charge is 0.213 e. The van der Waals surface area contributed by atoms with Gasteiger partial charge < -0.3 is 19.2 Å². The Morgan fingerprint density at radius 3 is 1.45 bits per heavy atom. The Kier molecular flexibility index (Phi) is 17.8. The molecule has 1 saturated heterocycles. The molecule has 12 nitrogen and oxygen atoms in total. The lowest BCUT2D eigenvalue weighted by molar-refractivity contribution is -0.462. The van der Waals surface area contributed by atoms with Crippen molar-refractivity contribution in [1.82, 2.24) is 19.6 Å². The minimum absolute atomic E-state index is 0. The highest BCUT2D eigenvalue weighted by atomic mass is 31.2. The van der Waals surface area contributed by atoms with E-state index in [9.17, 15) is 23.5 Å². The maximum atomic E-state index is 13.0. The van der Waals surface area contributed by atoms with Crippen molar-refractivity contribution in [2.75, 3.05) is 131 Å². The molecule has 55 heavy (non-hydrogen) atoms. The van der Waals surface area contributed by atoms with Gasteiger partial charge in [-0.05, 0) is 52.1 Å². The van der Waals surface area contributed by atoms with Gasteiger partial charge in [-0.25, -0.2) is 4.58 Å². The van der Waals surface area contributed by atoms with E-state index < -0.39 is 22.1 Å². The summed E-state index contributed by atoms with van der Waals surface area (Å²) in [5, 5.41) is 0. The molecule has 0 radical (unpaired) electrons. The van der Waals surface area contributed by atoms with Gasteiger partial charge in [-0.15, -0.1) is 0 Å². The van der Waals surface area contributed by atoms with Crippen LogP contribution >= 0.6 is 22.1 Å². The number of hydrogen-bond acceptors (Lipinski definition) is 9. The zero-order chi connectivity index (χ0) is 39.7. The Bertz CT molecular complexity index is 1770. The summed E-state index contributed by atoms with van der Waals surface area (Å²) in [4.78, 5) is 31.2. The van der Waals surface area contributed by atoms with E-state index in [2.05, 4.69) is 87.2 Å². The van der Waals surface area contributed by atoms with E-state index in [1.54, 1.807) is 6.66 Å². The van der Waals surface area contributed by atoms with Gasteiger partial charge >= 0.3 is 0 Å². The van der Waals surface area contributed by atoms with Gasteiger partial charge in [0.15, 0.2) is 5.71 Å². The lowest BCUT2D eigenvalue weighted by Gasteiger charge is -2.35. The van der Waals surface area contributed by atoms with Crippen molar-refractivity contribution >= 4 is 39.1 Å². The third-order valence-corrected chi connectivity index (χ3v) is 13.2. The lowest BCUT2D eigenvalue weighted by Crippen LogP contribution is -2.46. The highest BCUT2D eigenvalue weighted by molar-refractivity contribution is 7.58. The molecule has 1 aliphatic heterocycles. The second-order valence-electron chi connectivity index (χ2n) is 15.3. The third-order valence-electron chi connectivity index (χ3n) is 9.69. The molecule has 3 unspecified atom stereocenters. The van der Waals surface area contributed by atoms with Gasteiger partial charge in [0, 0.05) is 118 Å². The van der Waals surface area contributed by atoms with E-state index in [1.165, 1.54) is 20.4 Å². The molecule has 1 heterocycles. The molecule has 0 amide bonds. The molecule has 1 aliphatic carbocycles. The fourth-order valence-corrected chi connectivity index (χ4v) is 9.89. The summed E-state index contributed by atoms with van der Waals surface area (Å²) in [7, 11) is 0.0375. The van der Waals surface area contributed by atoms with E-state index >= 15 is 0 Å². The average molecular weight is 820 g/mol. The molecule has 3 atom stereocenters. The summed E-state index contributed by atoms with van der Waals surface area (Å²) < 4.78 is 45.6. The van der Waals surface area contributed by atoms with Crippen molar-refractivity contribution in [1.29, 1.82) is 0 Å². The molecule has 2 N–H and O–H groups in total. The number of hydrogen-bond donors (Lipinski definition) is 2. The Labute approximate surface area is 330 Å². The number of allylic oxidation sites excluding steroid dienone is 5. The molecule has 0 saturated carbocycles. The summed E-state index contributed by atoms with van der Waals surface area (Å²) in [6, 6.07) is 17.3. The average Bonchev–Trinajstić information content (AvgIpc) is 3.09. The minimum Gasteiger partial charge on any atom is -0.378 e. The zero-order valence-electron chi connectivity index (χ0n) is 33.5. The zero-order valence-corrected chi connectivity index (χ0v) is 36.1. The van der Waals surface area contributed by atoms with Crippen LogP contribution in [0.1, 0.15) is 24.1 Å². The monoisotopic (exact) mass is 819 g/mol. The fourth-order valence-electron chi connectivity index (χ4n) is 6.71. The summed E-state index contributed by atoms with van der Waals surface area (Å²) in [6.45, 7) is 9.50. The predicted molar refractivity (Wildman–Crippen MR) is 232 cm³/mol. The first-order valence-corrected chi connectivity index (χ1v) is 25.3. The van der Waals surface area contributed by atoms with Crippen LogP contribution in [0, 0.1) is 0 Å². The molecule has 15 heteroatoms.